The van der Waals surface area contributed by atoms with E-state index in [-0.39, 0.29) is 12.5 Å². The van der Waals surface area contributed by atoms with Crippen molar-refractivity contribution in [2.45, 2.75) is 24.2 Å². The molecule has 0 fully saturated rings. The third-order valence-corrected chi connectivity index (χ3v) is 5.60. The van der Waals surface area contributed by atoms with Gasteiger partial charge in [0.25, 0.3) is 11.7 Å². The smallest absolute Gasteiger partial charge is 0.336 e. The largest absolute Gasteiger partial charge is 0.489 e. The van der Waals surface area contributed by atoms with Gasteiger partial charge in [0, 0.05) is 33.7 Å². The lowest BCUT2D eigenvalue weighted by molar-refractivity contribution is 0.102. The van der Waals surface area contributed by atoms with Crippen molar-refractivity contribution >= 4 is 34.3 Å². The number of amides is 1. The zero-order valence-corrected chi connectivity index (χ0v) is 18.3. The van der Waals surface area contributed by atoms with Crippen LogP contribution in [0.3, 0.4) is 0 Å². The first-order valence-corrected chi connectivity index (χ1v) is 10.9. The van der Waals surface area contributed by atoms with Crippen molar-refractivity contribution in [2.75, 3.05) is 5.32 Å². The number of carbonyl (C=O) groups is 1. The first-order valence-electron chi connectivity index (χ1n) is 10.00. The first-order chi connectivity index (χ1) is 15.9. The average molecular weight is 467 g/mol. The Morgan fingerprint density at radius 1 is 1.03 bits per heavy atom. The summed E-state index contributed by atoms with van der Waals surface area (Å²) in [6, 6.07) is 19.9. The van der Waals surface area contributed by atoms with Gasteiger partial charge in [-0.1, -0.05) is 23.9 Å². The molecule has 1 amide bonds. The number of rotatable bonds is 7. The highest BCUT2D eigenvalue weighted by atomic mass is 32.2. The predicted octanol–water partition coefficient (Wildman–Crippen LogP) is 6.25. The van der Waals surface area contributed by atoms with Crippen LogP contribution in [0.25, 0.3) is 11.0 Å². The summed E-state index contributed by atoms with van der Waals surface area (Å²) in [4.78, 5) is 24.5. The van der Waals surface area contributed by atoms with E-state index in [1.165, 1.54) is 18.2 Å². The lowest BCUT2D eigenvalue weighted by atomic mass is 10.1. The molecule has 0 aliphatic rings. The van der Waals surface area contributed by atoms with E-state index in [1.54, 1.807) is 42.5 Å². The Hall–Kier alpha value is -3.65. The number of benzene rings is 3. The Morgan fingerprint density at radius 2 is 1.76 bits per heavy atom. The van der Waals surface area contributed by atoms with E-state index >= 15 is 0 Å². The summed E-state index contributed by atoms with van der Waals surface area (Å²) < 4.78 is 35.8. The Balaban J connectivity index is 1.36. The van der Waals surface area contributed by atoms with Crippen molar-refractivity contribution in [1.82, 2.24) is 0 Å². The minimum absolute atomic E-state index is 0.271. The molecule has 3 aromatic carbocycles. The minimum Gasteiger partial charge on any atom is -0.489 e. The molecule has 0 unspecified atom stereocenters. The van der Waals surface area contributed by atoms with E-state index in [2.05, 4.69) is 5.32 Å². The van der Waals surface area contributed by atoms with Crippen molar-refractivity contribution in [1.29, 1.82) is 0 Å². The van der Waals surface area contributed by atoms with Gasteiger partial charge in [-0.3, -0.25) is 4.79 Å². The van der Waals surface area contributed by atoms with Crippen molar-refractivity contribution in [3.63, 3.8) is 0 Å². The SMILES string of the molecule is Cc1cc(=O)oc2cc(OCc3ccc(C(=O)Nc4ccc(SC(F)F)cc4)cc3)ccc12. The molecule has 0 aliphatic heterocycles. The molecular weight excluding hydrogens is 448 g/mol. The molecule has 0 saturated heterocycles. The van der Waals surface area contributed by atoms with Gasteiger partial charge in [0.15, 0.2) is 0 Å². The molecule has 0 spiro atoms. The van der Waals surface area contributed by atoms with E-state index in [0.29, 0.717) is 39.2 Å². The number of alkyl halides is 2. The van der Waals surface area contributed by atoms with Crippen molar-refractivity contribution in [2.24, 2.45) is 0 Å². The normalized spacial score (nSPS) is 11.0. The highest BCUT2D eigenvalue weighted by Gasteiger charge is 2.09. The van der Waals surface area contributed by atoms with Crippen LogP contribution in [0, 0.1) is 6.92 Å². The summed E-state index contributed by atoms with van der Waals surface area (Å²) in [5.74, 6) is -2.23. The van der Waals surface area contributed by atoms with Crippen LogP contribution in [0.15, 0.2) is 86.9 Å². The second-order valence-corrected chi connectivity index (χ2v) is 8.31. The topological polar surface area (TPSA) is 68.5 Å². The van der Waals surface area contributed by atoms with Crippen LogP contribution in [-0.2, 0) is 6.61 Å². The minimum atomic E-state index is -2.49. The fourth-order valence-electron chi connectivity index (χ4n) is 3.24. The van der Waals surface area contributed by atoms with Crippen molar-refractivity contribution < 1.29 is 22.7 Å². The molecule has 4 rings (SSSR count). The second kappa shape index (κ2) is 9.87. The summed E-state index contributed by atoms with van der Waals surface area (Å²) in [6.45, 7) is 2.12. The monoisotopic (exact) mass is 467 g/mol. The van der Waals surface area contributed by atoms with Gasteiger partial charge in [-0.15, -0.1) is 0 Å². The van der Waals surface area contributed by atoms with Crippen molar-refractivity contribution in [3.8, 4) is 5.75 Å². The molecule has 4 aromatic rings. The van der Waals surface area contributed by atoms with E-state index in [1.807, 2.05) is 19.1 Å². The van der Waals surface area contributed by atoms with Crippen LogP contribution in [0.2, 0.25) is 0 Å². The molecule has 1 N–H and O–H groups in total. The van der Waals surface area contributed by atoms with Gasteiger partial charge < -0.3 is 14.5 Å². The molecule has 0 aliphatic carbocycles. The molecule has 168 valence electrons. The molecule has 5 nitrogen and oxygen atoms in total. The standard InChI is InChI=1S/C25H19F2NO4S/c1-15-12-23(29)32-22-13-19(8-11-21(15)22)31-14-16-2-4-17(5-3-16)24(30)28-18-6-9-20(10-7-18)33-25(26)27/h2-13,25H,14H2,1H3,(H,28,30). The molecule has 0 bridgehead atoms. The number of ether oxygens (including phenoxy) is 1. The first kappa shape index (κ1) is 22.5. The van der Waals surface area contributed by atoms with Gasteiger partial charge in [0.1, 0.15) is 17.9 Å². The van der Waals surface area contributed by atoms with Crippen LogP contribution in [0.1, 0.15) is 21.5 Å². The maximum atomic E-state index is 12.4. The van der Waals surface area contributed by atoms with Crippen molar-refractivity contribution in [3.05, 3.63) is 99.9 Å². The highest BCUT2D eigenvalue weighted by Crippen LogP contribution is 2.26. The van der Waals surface area contributed by atoms with Gasteiger partial charge in [0.2, 0.25) is 0 Å². The molecule has 8 heteroatoms. The lowest BCUT2D eigenvalue weighted by Crippen LogP contribution is -2.11. The summed E-state index contributed by atoms with van der Waals surface area (Å²) in [7, 11) is 0. The zero-order chi connectivity index (χ0) is 23.4. The van der Waals surface area contributed by atoms with Crippen LogP contribution < -0.4 is 15.7 Å². The maximum Gasteiger partial charge on any atom is 0.336 e. The molecule has 0 radical (unpaired) electrons. The molecule has 1 aromatic heterocycles. The third kappa shape index (κ3) is 5.78. The number of nitrogens with one attached hydrogen (secondary N) is 1. The number of hydrogen-bond acceptors (Lipinski definition) is 5. The molecule has 33 heavy (non-hydrogen) atoms. The number of thioether (sulfide) groups is 1. The van der Waals surface area contributed by atoms with Gasteiger partial charge in [-0.05, 0) is 66.6 Å². The summed E-state index contributed by atoms with van der Waals surface area (Å²) in [6.07, 6.45) is 0. The summed E-state index contributed by atoms with van der Waals surface area (Å²) >= 11 is 0.452. The second-order valence-electron chi connectivity index (χ2n) is 7.25. The number of hydrogen-bond donors (Lipinski definition) is 1. The Kier molecular flexibility index (Phi) is 6.74. The molecule has 0 saturated carbocycles. The predicted molar refractivity (Wildman–Crippen MR) is 124 cm³/mol. The summed E-state index contributed by atoms with van der Waals surface area (Å²) in [5.41, 5.74) is 2.71. The van der Waals surface area contributed by atoms with Gasteiger partial charge in [-0.25, -0.2) is 4.79 Å². The number of carbonyl (C=O) groups excluding carboxylic acids is 1. The molecule has 0 atom stereocenters. The van der Waals surface area contributed by atoms with E-state index in [9.17, 15) is 18.4 Å². The lowest BCUT2D eigenvalue weighted by Gasteiger charge is -2.09. The number of anilines is 1. The van der Waals surface area contributed by atoms with Crippen LogP contribution in [0.5, 0.6) is 5.75 Å². The number of fused-ring (bicyclic) bond motifs is 1. The van der Waals surface area contributed by atoms with E-state index < -0.39 is 11.4 Å². The highest BCUT2D eigenvalue weighted by molar-refractivity contribution is 7.99. The maximum absolute atomic E-state index is 12.4. The van der Waals surface area contributed by atoms with Gasteiger partial charge >= 0.3 is 5.63 Å². The quantitative estimate of drug-likeness (QED) is 0.257. The number of aryl methyl sites for hydroxylation is 1. The van der Waals surface area contributed by atoms with E-state index in [0.717, 1.165) is 16.5 Å². The Labute approximate surface area is 192 Å². The Morgan fingerprint density at radius 3 is 2.45 bits per heavy atom. The fourth-order valence-corrected chi connectivity index (χ4v) is 3.74. The Bertz CT molecular complexity index is 1340. The van der Waals surface area contributed by atoms with Crippen LogP contribution in [0.4, 0.5) is 14.5 Å². The van der Waals surface area contributed by atoms with Crippen LogP contribution >= 0.6 is 11.8 Å². The zero-order valence-electron chi connectivity index (χ0n) is 17.5. The molecular formula is C25H19F2NO4S. The van der Waals surface area contributed by atoms with Gasteiger partial charge in [0.05, 0.1) is 0 Å². The third-order valence-electron chi connectivity index (χ3n) is 4.88. The van der Waals surface area contributed by atoms with E-state index in [4.69, 9.17) is 9.15 Å². The fraction of sp³-hybridized carbons (Fsp3) is 0.120. The van der Waals surface area contributed by atoms with Gasteiger partial charge in [-0.2, -0.15) is 8.78 Å². The summed E-state index contributed by atoms with van der Waals surface area (Å²) in [5, 5.41) is 3.59. The molecule has 1 heterocycles. The van der Waals surface area contributed by atoms with Crippen LogP contribution in [-0.4, -0.2) is 11.7 Å². The number of halogens is 2. The average Bonchev–Trinajstić information content (AvgIpc) is 2.78.